The van der Waals surface area contributed by atoms with E-state index in [2.05, 4.69) is 28.7 Å². The molecule has 26 heavy (non-hydrogen) atoms. The van der Waals surface area contributed by atoms with E-state index in [1.54, 1.807) is 0 Å². The van der Waals surface area contributed by atoms with Gasteiger partial charge in [0.1, 0.15) is 0 Å². The Morgan fingerprint density at radius 3 is 2.50 bits per heavy atom. The van der Waals surface area contributed by atoms with Crippen molar-refractivity contribution in [3.63, 3.8) is 0 Å². The highest BCUT2D eigenvalue weighted by Crippen LogP contribution is 2.35. The van der Waals surface area contributed by atoms with Crippen molar-refractivity contribution < 1.29 is 9.53 Å². The average molecular weight is 361 g/mol. The third-order valence-electron chi connectivity index (χ3n) is 6.45. The van der Waals surface area contributed by atoms with Gasteiger partial charge in [-0.2, -0.15) is 5.10 Å². The molecule has 3 heterocycles. The predicted octanol–water partition coefficient (Wildman–Crippen LogP) is 2.03. The van der Waals surface area contributed by atoms with Crippen molar-refractivity contribution in [1.82, 2.24) is 19.6 Å². The summed E-state index contributed by atoms with van der Waals surface area (Å²) in [7, 11) is 2.01. The molecule has 1 atom stereocenters. The molecule has 2 saturated heterocycles. The van der Waals surface area contributed by atoms with Crippen molar-refractivity contribution in [3.8, 4) is 0 Å². The van der Waals surface area contributed by atoms with Gasteiger partial charge in [-0.1, -0.05) is 0 Å². The quantitative estimate of drug-likeness (QED) is 0.806. The normalized spacial score (nSPS) is 25.0. The molecule has 3 aliphatic rings. The number of carbonyl (C=O) groups excluding carboxylic acids is 1. The van der Waals surface area contributed by atoms with Crippen molar-refractivity contribution in [2.45, 2.75) is 64.6 Å². The molecule has 144 valence electrons. The first-order valence-electron chi connectivity index (χ1n) is 10.2. The lowest BCUT2D eigenvalue weighted by molar-refractivity contribution is -0.139. The fraction of sp³-hybridized carbons (Fsp3) is 0.800. The standard InChI is InChI=1S/C20H32N4O2/c1-14-19(15(2)22(3)21-14)13-23-9-6-18(12-23)24(20(25)16-4-5-16)17-7-10-26-11-8-17/h16-18H,4-13H2,1-3H3. The molecule has 1 amide bonds. The van der Waals surface area contributed by atoms with Crippen LogP contribution in [0.1, 0.15) is 49.1 Å². The van der Waals surface area contributed by atoms with Crippen LogP contribution in [-0.4, -0.2) is 63.9 Å². The Morgan fingerprint density at radius 2 is 1.88 bits per heavy atom. The third-order valence-corrected chi connectivity index (χ3v) is 6.45. The smallest absolute Gasteiger partial charge is 0.226 e. The minimum Gasteiger partial charge on any atom is -0.381 e. The van der Waals surface area contributed by atoms with Crippen LogP contribution in [0, 0.1) is 19.8 Å². The van der Waals surface area contributed by atoms with Gasteiger partial charge in [-0.3, -0.25) is 14.4 Å². The molecule has 1 aromatic rings. The molecule has 1 aromatic heterocycles. The number of hydrogen-bond acceptors (Lipinski definition) is 4. The maximum atomic E-state index is 13.0. The Balaban J connectivity index is 1.45. The minimum absolute atomic E-state index is 0.301. The molecule has 2 aliphatic heterocycles. The van der Waals surface area contributed by atoms with E-state index in [-0.39, 0.29) is 0 Å². The highest BCUT2D eigenvalue weighted by molar-refractivity contribution is 5.81. The van der Waals surface area contributed by atoms with E-state index >= 15 is 0 Å². The summed E-state index contributed by atoms with van der Waals surface area (Å²) in [6.45, 7) is 8.84. The number of ether oxygens (including phenoxy) is 1. The van der Waals surface area contributed by atoms with E-state index in [1.807, 2.05) is 11.7 Å². The second-order valence-corrected chi connectivity index (χ2v) is 8.31. The van der Waals surface area contributed by atoms with E-state index in [9.17, 15) is 4.79 Å². The average Bonchev–Trinajstić information content (AvgIpc) is 3.35. The number of aromatic nitrogens is 2. The highest BCUT2D eigenvalue weighted by Gasteiger charge is 2.41. The largest absolute Gasteiger partial charge is 0.381 e. The number of nitrogens with zero attached hydrogens (tertiary/aromatic N) is 4. The summed E-state index contributed by atoms with van der Waals surface area (Å²) in [5.74, 6) is 0.715. The Hall–Kier alpha value is -1.40. The highest BCUT2D eigenvalue weighted by atomic mass is 16.5. The molecule has 0 aromatic carbocycles. The maximum absolute atomic E-state index is 13.0. The molecule has 1 unspecified atom stereocenters. The number of hydrogen-bond donors (Lipinski definition) is 0. The molecule has 1 aliphatic carbocycles. The summed E-state index contributed by atoms with van der Waals surface area (Å²) in [6.07, 6.45) is 5.26. The van der Waals surface area contributed by atoms with E-state index in [0.717, 1.165) is 70.6 Å². The van der Waals surface area contributed by atoms with Gasteiger partial charge in [-0.15, -0.1) is 0 Å². The fourth-order valence-corrected chi connectivity index (χ4v) is 4.62. The number of carbonyl (C=O) groups is 1. The number of amides is 1. The van der Waals surface area contributed by atoms with Gasteiger partial charge < -0.3 is 9.64 Å². The first kappa shape index (κ1) is 18.0. The van der Waals surface area contributed by atoms with Crippen LogP contribution in [0.3, 0.4) is 0 Å². The van der Waals surface area contributed by atoms with E-state index < -0.39 is 0 Å². The Labute approximate surface area is 156 Å². The molecule has 4 rings (SSSR count). The summed E-state index contributed by atoms with van der Waals surface area (Å²) < 4.78 is 7.51. The molecule has 3 fully saturated rings. The lowest BCUT2D eigenvalue weighted by Crippen LogP contribution is -2.51. The Bertz CT molecular complexity index is 661. The topological polar surface area (TPSA) is 50.6 Å². The van der Waals surface area contributed by atoms with E-state index in [0.29, 0.717) is 23.9 Å². The van der Waals surface area contributed by atoms with Crippen LogP contribution in [0.25, 0.3) is 0 Å². The SMILES string of the molecule is Cc1nn(C)c(C)c1CN1CCC(N(C(=O)C2CC2)C2CCOCC2)C1. The number of rotatable bonds is 5. The predicted molar refractivity (Wildman–Crippen MR) is 99.8 cm³/mol. The lowest BCUT2D eigenvalue weighted by Gasteiger charge is -2.39. The first-order valence-corrected chi connectivity index (χ1v) is 10.2. The third kappa shape index (κ3) is 3.54. The molecular weight excluding hydrogens is 328 g/mol. The Kier molecular flexibility index (Phi) is 5.06. The van der Waals surface area contributed by atoms with Crippen LogP contribution in [0.15, 0.2) is 0 Å². The minimum atomic E-state index is 0.301. The zero-order valence-corrected chi connectivity index (χ0v) is 16.4. The van der Waals surface area contributed by atoms with Crippen molar-refractivity contribution in [2.24, 2.45) is 13.0 Å². The van der Waals surface area contributed by atoms with E-state index in [4.69, 9.17) is 4.74 Å². The first-order chi connectivity index (χ1) is 12.5. The van der Waals surface area contributed by atoms with Gasteiger partial charge in [0.2, 0.25) is 5.91 Å². The molecule has 0 N–H and O–H groups in total. The number of aryl methyl sites for hydroxylation is 2. The van der Waals surface area contributed by atoms with Crippen molar-refractivity contribution >= 4 is 5.91 Å². The molecule has 6 nitrogen and oxygen atoms in total. The summed E-state index contributed by atoms with van der Waals surface area (Å²) in [4.78, 5) is 17.8. The van der Waals surface area contributed by atoms with Gasteiger partial charge in [-0.05, 0) is 46.0 Å². The van der Waals surface area contributed by atoms with Gasteiger partial charge in [-0.25, -0.2) is 0 Å². The van der Waals surface area contributed by atoms with Gasteiger partial charge in [0.25, 0.3) is 0 Å². The molecule has 0 bridgehead atoms. The summed E-state index contributed by atoms with van der Waals surface area (Å²) >= 11 is 0. The van der Waals surface area contributed by atoms with Crippen molar-refractivity contribution in [1.29, 1.82) is 0 Å². The monoisotopic (exact) mass is 360 g/mol. The summed E-state index contributed by atoms with van der Waals surface area (Å²) in [6, 6.07) is 0.743. The van der Waals surface area contributed by atoms with Crippen LogP contribution >= 0.6 is 0 Å². The van der Waals surface area contributed by atoms with Gasteiger partial charge in [0.05, 0.1) is 5.69 Å². The lowest BCUT2D eigenvalue weighted by atomic mass is 10.0. The summed E-state index contributed by atoms with van der Waals surface area (Å²) in [5, 5.41) is 4.55. The zero-order chi connectivity index (χ0) is 18.3. The molecule has 6 heteroatoms. The maximum Gasteiger partial charge on any atom is 0.226 e. The second-order valence-electron chi connectivity index (χ2n) is 8.31. The number of likely N-dealkylation sites (tertiary alicyclic amines) is 1. The van der Waals surface area contributed by atoms with Crippen LogP contribution in [0.4, 0.5) is 0 Å². The molecule has 1 saturated carbocycles. The van der Waals surface area contributed by atoms with Crippen LogP contribution < -0.4 is 0 Å². The van der Waals surface area contributed by atoms with Gasteiger partial charge in [0.15, 0.2) is 0 Å². The van der Waals surface area contributed by atoms with Crippen LogP contribution in [0.5, 0.6) is 0 Å². The van der Waals surface area contributed by atoms with Gasteiger partial charge in [0, 0.05) is 69.2 Å². The molecular formula is C20H32N4O2. The van der Waals surface area contributed by atoms with Crippen LogP contribution in [-0.2, 0) is 23.1 Å². The second kappa shape index (κ2) is 7.31. The van der Waals surface area contributed by atoms with Crippen molar-refractivity contribution in [2.75, 3.05) is 26.3 Å². The van der Waals surface area contributed by atoms with E-state index in [1.165, 1.54) is 11.3 Å². The summed E-state index contributed by atoms with van der Waals surface area (Å²) in [5.41, 5.74) is 3.73. The van der Waals surface area contributed by atoms with Gasteiger partial charge >= 0.3 is 0 Å². The molecule has 0 spiro atoms. The van der Waals surface area contributed by atoms with Crippen LogP contribution in [0.2, 0.25) is 0 Å². The fourth-order valence-electron chi connectivity index (χ4n) is 4.62. The molecule has 0 radical (unpaired) electrons. The Morgan fingerprint density at radius 1 is 1.15 bits per heavy atom. The zero-order valence-electron chi connectivity index (χ0n) is 16.4. The van der Waals surface area contributed by atoms with Crippen molar-refractivity contribution in [3.05, 3.63) is 17.0 Å².